The topological polar surface area (TPSA) is 69.3 Å². The summed E-state index contributed by atoms with van der Waals surface area (Å²) in [5.41, 5.74) is 2.53. The summed E-state index contributed by atoms with van der Waals surface area (Å²) >= 11 is 0. The molecule has 8 heteroatoms. The third kappa shape index (κ3) is 6.79. The molecule has 200 valence electrons. The van der Waals surface area contributed by atoms with Gasteiger partial charge < -0.3 is 29.0 Å². The van der Waals surface area contributed by atoms with Gasteiger partial charge in [-0.3, -0.25) is 4.57 Å². The summed E-state index contributed by atoms with van der Waals surface area (Å²) in [5.74, 6) is 1.12. The first-order valence-electron chi connectivity index (χ1n) is 12.4. The van der Waals surface area contributed by atoms with E-state index in [9.17, 15) is 0 Å². The van der Waals surface area contributed by atoms with Crippen LogP contribution in [0.2, 0.25) is 0 Å². The lowest BCUT2D eigenvalue weighted by Crippen LogP contribution is -2.22. The summed E-state index contributed by atoms with van der Waals surface area (Å²) in [4.78, 5) is 2.01. The molecule has 0 spiro atoms. The van der Waals surface area contributed by atoms with Gasteiger partial charge in [-0.05, 0) is 66.4 Å². The van der Waals surface area contributed by atoms with E-state index in [1.54, 1.807) is 21.3 Å². The Bertz CT molecular complexity index is 1160. The maximum Gasteiger partial charge on any atom is 0.258 e. The molecule has 0 unspecified atom stereocenters. The first-order chi connectivity index (χ1) is 17.7. The van der Waals surface area contributed by atoms with Gasteiger partial charge in [-0.15, -0.1) is 0 Å². The fourth-order valence-electron chi connectivity index (χ4n) is 4.00. The first kappa shape index (κ1) is 28.4. The summed E-state index contributed by atoms with van der Waals surface area (Å²) in [6, 6.07) is 21.1. The SMILES string of the molecule is COc1cc([C@H](Nc2ccccc2)[P@@](=O)(OCCC(C)C)c2ccc(N(C)C)cc2)cc(OC)c1OC. The molecule has 0 aliphatic carbocycles. The van der Waals surface area contributed by atoms with Crippen molar-refractivity contribution in [3.63, 3.8) is 0 Å². The lowest BCUT2D eigenvalue weighted by atomic mass is 10.1. The zero-order valence-corrected chi connectivity index (χ0v) is 23.7. The van der Waals surface area contributed by atoms with Gasteiger partial charge in [-0.1, -0.05) is 32.0 Å². The second-order valence-corrected chi connectivity index (χ2v) is 11.9. The van der Waals surface area contributed by atoms with Crippen molar-refractivity contribution in [2.75, 3.05) is 52.2 Å². The van der Waals surface area contributed by atoms with Gasteiger partial charge in [0.15, 0.2) is 11.5 Å². The number of hydrogen-bond donors (Lipinski definition) is 1. The minimum atomic E-state index is -3.54. The smallest absolute Gasteiger partial charge is 0.258 e. The molecule has 1 N–H and O–H groups in total. The summed E-state index contributed by atoms with van der Waals surface area (Å²) in [6.07, 6.45) is 0.785. The van der Waals surface area contributed by atoms with Gasteiger partial charge in [0.05, 0.1) is 27.9 Å². The molecule has 7 nitrogen and oxygen atoms in total. The van der Waals surface area contributed by atoms with Crippen molar-refractivity contribution in [1.29, 1.82) is 0 Å². The highest BCUT2D eigenvalue weighted by Gasteiger charge is 2.39. The standard InChI is InChI=1S/C29H39N2O5P/c1-21(2)17-18-36-37(32,25-15-13-24(14-16-25)31(3)4)29(30-23-11-9-8-10-12-23)22-19-26(33-5)28(35-7)27(20-22)34-6/h8-16,19-21,29-30H,17-18H2,1-7H3/t29-,37+/m1/s1. The Morgan fingerprint density at radius 3 is 1.95 bits per heavy atom. The molecule has 0 aliphatic heterocycles. The molecular weight excluding hydrogens is 487 g/mol. The van der Waals surface area contributed by atoms with Crippen molar-refractivity contribution in [2.45, 2.75) is 26.1 Å². The number of nitrogens with zero attached hydrogens (tertiary/aromatic N) is 1. The maximum atomic E-state index is 15.1. The Morgan fingerprint density at radius 2 is 1.46 bits per heavy atom. The molecule has 0 bridgehead atoms. The molecule has 0 fully saturated rings. The van der Waals surface area contributed by atoms with E-state index < -0.39 is 13.2 Å². The van der Waals surface area contributed by atoms with E-state index in [-0.39, 0.29) is 0 Å². The Morgan fingerprint density at radius 1 is 0.865 bits per heavy atom. The Hall–Kier alpha value is -3.15. The number of nitrogens with one attached hydrogen (secondary N) is 1. The van der Waals surface area contributed by atoms with Gasteiger partial charge in [0.25, 0.3) is 7.37 Å². The molecule has 37 heavy (non-hydrogen) atoms. The highest BCUT2D eigenvalue weighted by Crippen LogP contribution is 2.60. The highest BCUT2D eigenvalue weighted by molar-refractivity contribution is 7.67. The van der Waals surface area contributed by atoms with Crippen molar-refractivity contribution < 1.29 is 23.3 Å². The van der Waals surface area contributed by atoms with Crippen LogP contribution in [0.25, 0.3) is 0 Å². The number of hydrogen-bond acceptors (Lipinski definition) is 7. The van der Waals surface area contributed by atoms with Crippen LogP contribution in [0.15, 0.2) is 66.7 Å². The van der Waals surface area contributed by atoms with Gasteiger partial charge in [0.2, 0.25) is 5.75 Å². The van der Waals surface area contributed by atoms with Gasteiger partial charge >= 0.3 is 0 Å². The van der Waals surface area contributed by atoms with Crippen molar-refractivity contribution in [1.82, 2.24) is 0 Å². The molecule has 2 atom stereocenters. The average Bonchev–Trinajstić information content (AvgIpc) is 2.91. The van der Waals surface area contributed by atoms with Crippen LogP contribution in [-0.4, -0.2) is 42.0 Å². The van der Waals surface area contributed by atoms with Crippen molar-refractivity contribution in [3.05, 3.63) is 72.3 Å². The first-order valence-corrected chi connectivity index (χ1v) is 14.1. The maximum absolute atomic E-state index is 15.1. The molecule has 0 amide bonds. The average molecular weight is 527 g/mol. The van der Waals surface area contributed by atoms with Crippen molar-refractivity contribution >= 4 is 24.0 Å². The Balaban J connectivity index is 2.22. The van der Waals surface area contributed by atoms with Crippen molar-refractivity contribution in [2.24, 2.45) is 5.92 Å². The molecule has 0 heterocycles. The second-order valence-electron chi connectivity index (χ2n) is 9.40. The molecule has 0 aromatic heterocycles. The fraction of sp³-hybridized carbons (Fsp3) is 0.379. The van der Waals surface area contributed by atoms with E-state index in [0.29, 0.717) is 40.6 Å². The van der Waals surface area contributed by atoms with E-state index in [4.69, 9.17) is 18.7 Å². The van der Waals surface area contributed by atoms with Crippen LogP contribution < -0.4 is 29.7 Å². The predicted octanol–water partition coefficient (Wildman–Crippen LogP) is 6.56. The second kappa shape index (κ2) is 12.9. The minimum absolute atomic E-state index is 0.363. The van der Waals surface area contributed by atoms with E-state index in [0.717, 1.165) is 17.8 Å². The van der Waals surface area contributed by atoms with E-state index >= 15 is 4.57 Å². The molecule has 0 saturated heterocycles. The lowest BCUT2D eigenvalue weighted by Gasteiger charge is -2.31. The third-order valence-electron chi connectivity index (χ3n) is 6.12. The summed E-state index contributed by atoms with van der Waals surface area (Å²) in [7, 11) is 5.11. The van der Waals surface area contributed by atoms with E-state index in [1.165, 1.54) is 0 Å². The largest absolute Gasteiger partial charge is 0.493 e. The zero-order valence-electron chi connectivity index (χ0n) is 22.9. The zero-order chi connectivity index (χ0) is 27.0. The van der Waals surface area contributed by atoms with Gasteiger partial charge in [-0.2, -0.15) is 0 Å². The molecular formula is C29H39N2O5P. The van der Waals surface area contributed by atoms with Crippen LogP contribution in [0.5, 0.6) is 17.2 Å². The fourth-order valence-corrected chi connectivity index (χ4v) is 6.39. The molecule has 0 saturated carbocycles. The third-order valence-corrected chi connectivity index (χ3v) is 8.82. The van der Waals surface area contributed by atoms with Crippen LogP contribution in [-0.2, 0) is 9.09 Å². The van der Waals surface area contributed by atoms with Gasteiger partial charge in [0, 0.05) is 30.8 Å². The number of anilines is 2. The molecule has 0 aliphatic rings. The molecule has 0 radical (unpaired) electrons. The van der Waals surface area contributed by atoms with E-state index in [1.807, 2.05) is 85.7 Å². The number of methoxy groups -OCH3 is 3. The quantitative estimate of drug-likeness (QED) is 0.253. The Labute approximate surface area is 221 Å². The summed E-state index contributed by atoms with van der Waals surface area (Å²) in [6.45, 7) is 4.61. The Kier molecular flexibility index (Phi) is 9.90. The number of para-hydroxylation sites is 1. The predicted molar refractivity (Wildman–Crippen MR) is 152 cm³/mol. The van der Waals surface area contributed by atoms with Gasteiger partial charge in [-0.25, -0.2) is 0 Å². The number of ether oxygens (including phenoxy) is 3. The van der Waals surface area contributed by atoms with Crippen molar-refractivity contribution in [3.8, 4) is 17.2 Å². The molecule has 3 aromatic carbocycles. The van der Waals surface area contributed by atoms with Crippen LogP contribution in [0.4, 0.5) is 11.4 Å². The van der Waals surface area contributed by atoms with Crippen LogP contribution in [0.1, 0.15) is 31.6 Å². The lowest BCUT2D eigenvalue weighted by molar-refractivity contribution is 0.289. The number of rotatable bonds is 13. The minimum Gasteiger partial charge on any atom is -0.493 e. The number of benzene rings is 3. The molecule has 3 aromatic rings. The summed E-state index contributed by atoms with van der Waals surface area (Å²) in [5, 5.41) is 4.13. The molecule has 3 rings (SSSR count). The monoisotopic (exact) mass is 526 g/mol. The van der Waals surface area contributed by atoms with Crippen LogP contribution >= 0.6 is 7.37 Å². The highest BCUT2D eigenvalue weighted by atomic mass is 31.2. The van der Waals surface area contributed by atoms with E-state index in [2.05, 4.69) is 19.2 Å². The van der Waals surface area contributed by atoms with Crippen LogP contribution in [0, 0.1) is 5.92 Å². The van der Waals surface area contributed by atoms with Crippen LogP contribution in [0.3, 0.4) is 0 Å². The summed E-state index contributed by atoms with van der Waals surface area (Å²) < 4.78 is 38.3. The van der Waals surface area contributed by atoms with Gasteiger partial charge in [0.1, 0.15) is 5.78 Å². The normalized spacial score (nSPS) is 13.5.